The number of pyridine rings is 1. The van der Waals surface area contributed by atoms with Crippen molar-refractivity contribution < 1.29 is 19.4 Å². The van der Waals surface area contributed by atoms with Crippen molar-refractivity contribution in [1.82, 2.24) is 14.8 Å². The molecule has 0 radical (unpaired) electrons. The van der Waals surface area contributed by atoms with Crippen LogP contribution in [0.2, 0.25) is 0 Å². The summed E-state index contributed by atoms with van der Waals surface area (Å²) in [5.74, 6) is 7.06. The molecule has 7 nitrogen and oxygen atoms in total. The number of nitrogens with zero attached hydrogens (tertiary/aromatic N) is 3. The van der Waals surface area contributed by atoms with Crippen LogP contribution in [0.3, 0.4) is 0 Å². The molecule has 4 rings (SSSR count). The first-order valence-electron chi connectivity index (χ1n) is 12.9. The van der Waals surface area contributed by atoms with Crippen LogP contribution in [0.15, 0.2) is 42.6 Å². The first-order chi connectivity index (χ1) is 17.4. The molecule has 1 fully saturated rings. The Morgan fingerprint density at radius 1 is 1.17 bits per heavy atom. The average Bonchev–Trinajstić information content (AvgIpc) is 2.90. The van der Waals surface area contributed by atoms with Crippen LogP contribution in [-0.4, -0.2) is 84.4 Å². The summed E-state index contributed by atoms with van der Waals surface area (Å²) >= 11 is 0. The zero-order chi connectivity index (χ0) is 25.5. The summed E-state index contributed by atoms with van der Waals surface area (Å²) in [4.78, 5) is 22.2. The summed E-state index contributed by atoms with van der Waals surface area (Å²) in [6.07, 6.45) is 3.68. The van der Waals surface area contributed by atoms with Crippen molar-refractivity contribution in [3.05, 3.63) is 59.3 Å². The van der Waals surface area contributed by atoms with Crippen LogP contribution < -0.4 is 4.74 Å². The lowest BCUT2D eigenvalue weighted by Crippen LogP contribution is -2.50. The molecule has 1 aromatic carbocycles. The molecule has 3 heterocycles. The maximum absolute atomic E-state index is 13.6. The van der Waals surface area contributed by atoms with E-state index in [1.807, 2.05) is 37.3 Å². The molecule has 2 aromatic rings. The predicted octanol–water partition coefficient (Wildman–Crippen LogP) is 3.06. The first kappa shape index (κ1) is 26.2. The van der Waals surface area contributed by atoms with Gasteiger partial charge in [-0.3, -0.25) is 4.79 Å². The molecule has 2 aliphatic rings. The predicted molar refractivity (Wildman–Crippen MR) is 139 cm³/mol. The highest BCUT2D eigenvalue weighted by molar-refractivity contribution is 5.97. The minimum Gasteiger partial charge on any atom is -0.472 e. The number of aliphatic hydroxyl groups excluding tert-OH is 1. The summed E-state index contributed by atoms with van der Waals surface area (Å²) < 4.78 is 11.9. The topological polar surface area (TPSA) is 75.1 Å². The van der Waals surface area contributed by atoms with Gasteiger partial charge in [0.15, 0.2) is 0 Å². The lowest BCUT2D eigenvalue weighted by Gasteiger charge is -2.38. The highest BCUT2D eigenvalue weighted by atomic mass is 16.5. The van der Waals surface area contributed by atoms with E-state index in [1.54, 1.807) is 17.2 Å². The number of ether oxygens (including phenoxy) is 2. The van der Waals surface area contributed by atoms with E-state index in [2.05, 4.69) is 35.7 Å². The van der Waals surface area contributed by atoms with Gasteiger partial charge in [0.2, 0.25) is 5.88 Å². The Hall–Kier alpha value is -2.92. The second-order valence-electron chi connectivity index (χ2n) is 10.1. The molecule has 1 saturated heterocycles. The number of carbonyl (C=O) groups excluding carboxylic acids is 1. The number of benzene rings is 1. The van der Waals surface area contributed by atoms with Gasteiger partial charge in [0.1, 0.15) is 11.7 Å². The Morgan fingerprint density at radius 2 is 1.89 bits per heavy atom. The summed E-state index contributed by atoms with van der Waals surface area (Å²) in [6.45, 7) is 7.73. The number of amides is 1. The fraction of sp³-hybridized carbons (Fsp3) is 0.517. The van der Waals surface area contributed by atoms with E-state index in [1.165, 1.54) is 0 Å². The Labute approximate surface area is 214 Å². The molecule has 3 atom stereocenters. The second kappa shape index (κ2) is 12.4. The SMILES string of the molecule is C[C@H](CO)N1C[C@H](C)[C@@H](CN(C)CC2CCOCC2)Oc2ncc(C#Cc3ccccc3)cc2C1=O. The van der Waals surface area contributed by atoms with E-state index < -0.39 is 0 Å². The van der Waals surface area contributed by atoms with Crippen molar-refractivity contribution in [2.24, 2.45) is 11.8 Å². The van der Waals surface area contributed by atoms with Crippen molar-refractivity contribution in [3.8, 4) is 17.7 Å². The zero-order valence-electron chi connectivity index (χ0n) is 21.5. The Bertz CT molecular complexity index is 1070. The third kappa shape index (κ3) is 6.64. The summed E-state index contributed by atoms with van der Waals surface area (Å²) in [5.41, 5.74) is 1.93. The number of aliphatic hydroxyl groups is 1. The smallest absolute Gasteiger partial charge is 0.259 e. The second-order valence-corrected chi connectivity index (χ2v) is 10.1. The molecule has 7 heteroatoms. The third-order valence-electron chi connectivity index (χ3n) is 7.05. The number of aromatic nitrogens is 1. The zero-order valence-corrected chi connectivity index (χ0v) is 21.5. The van der Waals surface area contributed by atoms with E-state index in [9.17, 15) is 9.90 Å². The van der Waals surface area contributed by atoms with Crippen LogP contribution >= 0.6 is 0 Å². The highest BCUT2D eigenvalue weighted by Gasteiger charge is 2.34. The monoisotopic (exact) mass is 491 g/mol. The average molecular weight is 492 g/mol. The Balaban J connectivity index is 1.59. The van der Waals surface area contributed by atoms with Crippen molar-refractivity contribution in [2.75, 3.05) is 46.5 Å². The van der Waals surface area contributed by atoms with Gasteiger partial charge in [-0.1, -0.05) is 37.0 Å². The highest BCUT2D eigenvalue weighted by Crippen LogP contribution is 2.27. The van der Waals surface area contributed by atoms with Gasteiger partial charge < -0.3 is 24.4 Å². The molecule has 1 aromatic heterocycles. The van der Waals surface area contributed by atoms with E-state index in [0.717, 1.165) is 44.7 Å². The number of fused-ring (bicyclic) bond motifs is 1. The van der Waals surface area contributed by atoms with E-state index in [-0.39, 0.29) is 30.6 Å². The van der Waals surface area contributed by atoms with Gasteiger partial charge in [-0.15, -0.1) is 0 Å². The van der Waals surface area contributed by atoms with Gasteiger partial charge in [-0.2, -0.15) is 0 Å². The van der Waals surface area contributed by atoms with Crippen molar-refractivity contribution in [3.63, 3.8) is 0 Å². The van der Waals surface area contributed by atoms with Crippen LogP contribution in [0.5, 0.6) is 5.88 Å². The molecule has 0 saturated carbocycles. The summed E-state index contributed by atoms with van der Waals surface area (Å²) in [6, 6.07) is 11.2. The molecule has 2 aliphatic heterocycles. The van der Waals surface area contributed by atoms with Crippen LogP contribution in [0.4, 0.5) is 0 Å². The molecular weight excluding hydrogens is 454 g/mol. The van der Waals surface area contributed by atoms with Gasteiger partial charge in [-0.05, 0) is 50.9 Å². The quantitative estimate of drug-likeness (QED) is 0.626. The van der Waals surface area contributed by atoms with Gasteiger partial charge in [0.25, 0.3) is 5.91 Å². The third-order valence-corrected chi connectivity index (χ3v) is 7.05. The number of rotatable bonds is 6. The van der Waals surface area contributed by atoms with E-state index in [0.29, 0.717) is 29.5 Å². The van der Waals surface area contributed by atoms with Gasteiger partial charge in [-0.25, -0.2) is 4.98 Å². The van der Waals surface area contributed by atoms with Gasteiger partial charge in [0, 0.05) is 56.1 Å². The fourth-order valence-corrected chi connectivity index (χ4v) is 4.81. The number of hydrogen-bond donors (Lipinski definition) is 1. The van der Waals surface area contributed by atoms with E-state index in [4.69, 9.17) is 9.47 Å². The van der Waals surface area contributed by atoms with Crippen molar-refractivity contribution in [1.29, 1.82) is 0 Å². The minimum atomic E-state index is -0.314. The lowest BCUT2D eigenvalue weighted by molar-refractivity contribution is 0.0254. The fourth-order valence-electron chi connectivity index (χ4n) is 4.81. The van der Waals surface area contributed by atoms with Crippen LogP contribution in [0.1, 0.15) is 48.2 Å². The van der Waals surface area contributed by atoms with Crippen LogP contribution in [0, 0.1) is 23.7 Å². The van der Waals surface area contributed by atoms with Crippen molar-refractivity contribution in [2.45, 2.75) is 38.8 Å². The minimum absolute atomic E-state index is 0.0626. The largest absolute Gasteiger partial charge is 0.472 e. The van der Waals surface area contributed by atoms with Crippen LogP contribution in [-0.2, 0) is 4.74 Å². The molecular formula is C29H37N3O4. The molecule has 0 unspecified atom stereocenters. The number of hydrogen-bond acceptors (Lipinski definition) is 6. The summed E-state index contributed by atoms with van der Waals surface area (Å²) in [5, 5.41) is 9.88. The normalized spacial score (nSPS) is 21.6. The molecule has 0 spiro atoms. The number of carbonyl (C=O) groups is 1. The Morgan fingerprint density at radius 3 is 2.61 bits per heavy atom. The molecule has 1 amide bonds. The first-order valence-corrected chi connectivity index (χ1v) is 12.9. The maximum atomic E-state index is 13.6. The summed E-state index contributed by atoms with van der Waals surface area (Å²) in [7, 11) is 2.13. The molecule has 0 aliphatic carbocycles. The maximum Gasteiger partial charge on any atom is 0.259 e. The van der Waals surface area contributed by atoms with Crippen LogP contribution in [0.25, 0.3) is 0 Å². The van der Waals surface area contributed by atoms with Gasteiger partial charge in [0.05, 0.1) is 12.6 Å². The molecule has 1 N–H and O–H groups in total. The molecule has 192 valence electrons. The Kier molecular flexibility index (Phi) is 8.98. The number of likely N-dealkylation sites (N-methyl/N-ethyl adjacent to an activating group) is 1. The molecule has 36 heavy (non-hydrogen) atoms. The standard InChI is InChI=1S/C29H37N3O4/c1-21-17-32(22(2)20-33)29(34)26-15-25(10-9-23-7-5-4-6-8-23)16-30-28(26)36-27(21)19-31(3)18-24-11-13-35-14-12-24/h4-8,15-16,21-22,24,27,33H,11-14,17-20H2,1-3H3/t21-,22+,27+/m0/s1. The lowest BCUT2D eigenvalue weighted by atomic mass is 9.97. The van der Waals surface area contributed by atoms with Crippen molar-refractivity contribution >= 4 is 5.91 Å². The van der Waals surface area contributed by atoms with Gasteiger partial charge >= 0.3 is 0 Å². The van der Waals surface area contributed by atoms with E-state index >= 15 is 0 Å². The molecule has 0 bridgehead atoms.